The minimum absolute atomic E-state index is 0.102. The Labute approximate surface area is 105 Å². The molecule has 1 atom stereocenters. The van der Waals surface area contributed by atoms with E-state index >= 15 is 0 Å². The van der Waals surface area contributed by atoms with Gasteiger partial charge in [-0.3, -0.25) is 4.79 Å². The Morgan fingerprint density at radius 2 is 1.88 bits per heavy atom. The predicted octanol–water partition coefficient (Wildman–Crippen LogP) is 2.58. The zero-order chi connectivity index (χ0) is 11.7. The van der Waals surface area contributed by atoms with Crippen molar-refractivity contribution in [3.63, 3.8) is 0 Å². The molecule has 0 aliphatic carbocycles. The Morgan fingerprint density at radius 1 is 1.18 bits per heavy atom. The van der Waals surface area contributed by atoms with Crippen molar-refractivity contribution < 1.29 is 9.53 Å². The molecule has 0 N–H and O–H groups in total. The van der Waals surface area contributed by atoms with Gasteiger partial charge in [0.25, 0.3) is 0 Å². The monoisotopic (exact) mass is 249 g/mol. The van der Waals surface area contributed by atoms with Crippen LogP contribution in [0.15, 0.2) is 24.3 Å². The van der Waals surface area contributed by atoms with E-state index in [9.17, 15) is 4.79 Å². The van der Waals surface area contributed by atoms with Crippen molar-refractivity contribution in [2.75, 3.05) is 23.7 Å². The molecule has 4 heteroatoms. The summed E-state index contributed by atoms with van der Waals surface area (Å²) in [6.45, 7) is 2.32. The van der Waals surface area contributed by atoms with Crippen LogP contribution in [-0.4, -0.2) is 24.8 Å². The number of esters is 1. The molecule has 1 aromatic carbocycles. The maximum Gasteiger partial charge on any atom is 0.317 e. The van der Waals surface area contributed by atoms with E-state index in [0.29, 0.717) is 5.75 Å². The van der Waals surface area contributed by atoms with Crippen molar-refractivity contribution in [3.8, 4) is 0 Å². The Kier molecular flexibility index (Phi) is 2.97. The van der Waals surface area contributed by atoms with Crippen LogP contribution < -0.4 is 4.90 Å². The molecule has 0 bridgehead atoms. The quantitative estimate of drug-likeness (QED) is 0.753. The molecule has 2 fully saturated rings. The van der Waals surface area contributed by atoms with Gasteiger partial charge in [0.1, 0.15) is 0 Å². The molecule has 0 amide bonds. The Balaban J connectivity index is 1.73. The van der Waals surface area contributed by atoms with E-state index in [1.165, 1.54) is 18.5 Å². The van der Waals surface area contributed by atoms with Gasteiger partial charge >= 0.3 is 5.97 Å². The first-order chi connectivity index (χ1) is 8.33. The zero-order valence-corrected chi connectivity index (χ0v) is 10.4. The van der Waals surface area contributed by atoms with Gasteiger partial charge in [0.2, 0.25) is 0 Å². The molecule has 1 aromatic rings. The maximum absolute atomic E-state index is 11.1. The van der Waals surface area contributed by atoms with Crippen LogP contribution in [-0.2, 0) is 9.53 Å². The highest BCUT2D eigenvalue weighted by Crippen LogP contribution is 2.36. The fourth-order valence-corrected chi connectivity index (χ4v) is 3.19. The van der Waals surface area contributed by atoms with E-state index in [2.05, 4.69) is 29.2 Å². The number of carbonyl (C=O) groups excluding carboxylic acids is 1. The molecular formula is C13H15NO2S. The molecular weight excluding hydrogens is 234 g/mol. The lowest BCUT2D eigenvalue weighted by Crippen LogP contribution is -2.17. The number of benzene rings is 1. The molecule has 3 nitrogen and oxygen atoms in total. The second-order valence-electron chi connectivity index (χ2n) is 4.42. The summed E-state index contributed by atoms with van der Waals surface area (Å²) in [5, 5.41) is 0. The van der Waals surface area contributed by atoms with Crippen LogP contribution in [0, 0.1) is 0 Å². The zero-order valence-electron chi connectivity index (χ0n) is 9.59. The predicted molar refractivity (Wildman–Crippen MR) is 69.2 cm³/mol. The van der Waals surface area contributed by atoms with Gasteiger partial charge in [0.15, 0.2) is 5.44 Å². The van der Waals surface area contributed by atoms with Crippen LogP contribution in [0.5, 0.6) is 0 Å². The topological polar surface area (TPSA) is 29.5 Å². The van der Waals surface area contributed by atoms with Crippen molar-refractivity contribution in [2.24, 2.45) is 0 Å². The summed E-state index contributed by atoms with van der Waals surface area (Å²) < 4.78 is 5.22. The second-order valence-corrected chi connectivity index (χ2v) is 5.47. The summed E-state index contributed by atoms with van der Waals surface area (Å²) in [6.07, 6.45) is 2.58. The average Bonchev–Trinajstić information content (AvgIpc) is 3.00. The molecule has 2 aliphatic rings. The van der Waals surface area contributed by atoms with Gasteiger partial charge < -0.3 is 9.64 Å². The third-order valence-electron chi connectivity index (χ3n) is 3.23. The largest absolute Gasteiger partial charge is 0.446 e. The van der Waals surface area contributed by atoms with Gasteiger partial charge in [-0.05, 0) is 25.0 Å². The SMILES string of the molecule is O=C1CSC(c2ccc(N3CCCC3)cc2)O1. The molecule has 0 radical (unpaired) electrons. The lowest BCUT2D eigenvalue weighted by molar-refractivity contribution is -0.140. The first-order valence-electron chi connectivity index (χ1n) is 5.99. The van der Waals surface area contributed by atoms with Gasteiger partial charge in [-0.25, -0.2) is 0 Å². The van der Waals surface area contributed by atoms with Gasteiger partial charge in [-0.1, -0.05) is 12.1 Å². The van der Waals surface area contributed by atoms with Crippen LogP contribution in [0.2, 0.25) is 0 Å². The van der Waals surface area contributed by atoms with Gasteiger partial charge in [0, 0.05) is 24.3 Å². The van der Waals surface area contributed by atoms with Crippen molar-refractivity contribution in [1.29, 1.82) is 0 Å². The van der Waals surface area contributed by atoms with Gasteiger partial charge in [0.05, 0.1) is 5.75 Å². The third-order valence-corrected chi connectivity index (χ3v) is 4.30. The number of nitrogens with zero attached hydrogens (tertiary/aromatic N) is 1. The van der Waals surface area contributed by atoms with Gasteiger partial charge in [-0.2, -0.15) is 0 Å². The number of carbonyl (C=O) groups is 1. The Morgan fingerprint density at radius 3 is 2.47 bits per heavy atom. The van der Waals surface area contributed by atoms with E-state index < -0.39 is 0 Å². The number of hydrogen-bond donors (Lipinski definition) is 0. The van der Waals surface area contributed by atoms with Crippen molar-refractivity contribution in [2.45, 2.75) is 18.3 Å². The van der Waals surface area contributed by atoms with Gasteiger partial charge in [-0.15, -0.1) is 11.8 Å². The number of hydrogen-bond acceptors (Lipinski definition) is 4. The van der Waals surface area contributed by atoms with E-state index in [1.807, 2.05) is 0 Å². The molecule has 2 saturated heterocycles. The third kappa shape index (κ3) is 2.27. The summed E-state index contributed by atoms with van der Waals surface area (Å²) in [5.41, 5.74) is 2.26. The average molecular weight is 249 g/mol. The number of ether oxygens (including phenoxy) is 1. The first-order valence-corrected chi connectivity index (χ1v) is 7.04. The Hall–Kier alpha value is -1.16. The van der Waals surface area contributed by atoms with Crippen molar-refractivity contribution in [1.82, 2.24) is 0 Å². The molecule has 17 heavy (non-hydrogen) atoms. The number of rotatable bonds is 2. The van der Waals surface area contributed by atoms with E-state index in [-0.39, 0.29) is 11.4 Å². The smallest absolute Gasteiger partial charge is 0.317 e. The number of cyclic esters (lactones) is 1. The second kappa shape index (κ2) is 4.61. The molecule has 1 unspecified atom stereocenters. The molecule has 0 spiro atoms. The van der Waals surface area contributed by atoms with Crippen LogP contribution in [0.25, 0.3) is 0 Å². The summed E-state index contributed by atoms with van der Waals surface area (Å²) in [4.78, 5) is 13.5. The summed E-state index contributed by atoms with van der Waals surface area (Å²) in [6, 6.07) is 8.41. The molecule has 90 valence electrons. The van der Waals surface area contributed by atoms with E-state index in [4.69, 9.17) is 4.74 Å². The van der Waals surface area contributed by atoms with E-state index in [1.54, 1.807) is 11.8 Å². The minimum Gasteiger partial charge on any atom is -0.446 e. The van der Waals surface area contributed by atoms with E-state index in [0.717, 1.165) is 18.7 Å². The summed E-state index contributed by atoms with van der Waals surface area (Å²) in [7, 11) is 0. The lowest BCUT2D eigenvalue weighted by Gasteiger charge is -2.18. The van der Waals surface area contributed by atoms with Crippen LogP contribution in [0.1, 0.15) is 23.8 Å². The molecule has 2 heterocycles. The van der Waals surface area contributed by atoms with Crippen LogP contribution >= 0.6 is 11.8 Å². The minimum atomic E-state index is -0.108. The fourth-order valence-electron chi connectivity index (χ4n) is 2.31. The van der Waals surface area contributed by atoms with Crippen LogP contribution in [0.4, 0.5) is 5.69 Å². The fraction of sp³-hybridized carbons (Fsp3) is 0.462. The number of anilines is 1. The maximum atomic E-state index is 11.1. The highest BCUT2D eigenvalue weighted by Gasteiger charge is 2.25. The lowest BCUT2D eigenvalue weighted by atomic mass is 10.2. The van der Waals surface area contributed by atoms with Crippen molar-refractivity contribution in [3.05, 3.63) is 29.8 Å². The molecule has 3 rings (SSSR count). The molecule has 2 aliphatic heterocycles. The number of thioether (sulfide) groups is 1. The van der Waals surface area contributed by atoms with Crippen LogP contribution in [0.3, 0.4) is 0 Å². The molecule has 0 saturated carbocycles. The summed E-state index contributed by atoms with van der Waals surface area (Å²) >= 11 is 1.56. The first kappa shape index (κ1) is 11.0. The standard InChI is InChI=1S/C13H15NO2S/c15-12-9-17-13(16-12)10-3-5-11(6-4-10)14-7-1-2-8-14/h3-6,13H,1-2,7-9H2. The highest BCUT2D eigenvalue weighted by molar-refractivity contribution is 8.00. The highest BCUT2D eigenvalue weighted by atomic mass is 32.2. The molecule has 0 aromatic heterocycles. The Bertz CT molecular complexity index is 412. The normalized spacial score (nSPS) is 24.1. The summed E-state index contributed by atoms with van der Waals surface area (Å²) in [5.74, 6) is 0.363. The van der Waals surface area contributed by atoms with Crippen molar-refractivity contribution >= 4 is 23.4 Å².